The van der Waals surface area contributed by atoms with Gasteiger partial charge in [-0.3, -0.25) is 4.90 Å². The Morgan fingerprint density at radius 2 is 1.79 bits per heavy atom. The van der Waals surface area contributed by atoms with E-state index in [4.69, 9.17) is 18.9 Å². The summed E-state index contributed by atoms with van der Waals surface area (Å²) >= 11 is 0. The van der Waals surface area contributed by atoms with Gasteiger partial charge in [0.25, 0.3) is 0 Å². The van der Waals surface area contributed by atoms with Gasteiger partial charge in [-0.2, -0.15) is 0 Å². The van der Waals surface area contributed by atoms with Gasteiger partial charge in [-0.05, 0) is 31.7 Å². The molecule has 5 aliphatic carbocycles. The Balaban J connectivity index is 1.68. The molecule has 6 fully saturated rings. The van der Waals surface area contributed by atoms with E-state index in [9.17, 15) is 15.3 Å². The first-order valence-corrected chi connectivity index (χ1v) is 12.7. The second-order valence-electron chi connectivity index (χ2n) is 11.8. The molecule has 4 unspecified atom stereocenters. The molecule has 33 heavy (non-hydrogen) atoms. The molecule has 1 saturated heterocycles. The molecule has 1 spiro atoms. The van der Waals surface area contributed by atoms with E-state index in [0.717, 1.165) is 25.8 Å². The normalized spacial score (nSPS) is 60.9. The van der Waals surface area contributed by atoms with Crippen molar-refractivity contribution in [3.05, 3.63) is 0 Å². The van der Waals surface area contributed by atoms with Crippen LogP contribution in [0.5, 0.6) is 0 Å². The summed E-state index contributed by atoms with van der Waals surface area (Å²) in [6, 6.07) is -0.312. The zero-order chi connectivity index (χ0) is 23.6. The molecule has 0 aromatic rings. The van der Waals surface area contributed by atoms with E-state index in [-0.39, 0.29) is 54.6 Å². The van der Waals surface area contributed by atoms with Crippen molar-refractivity contribution >= 4 is 0 Å². The third-order valence-corrected chi connectivity index (χ3v) is 11.6. The Bertz CT molecular complexity index is 814. The predicted molar refractivity (Wildman–Crippen MR) is 119 cm³/mol. The van der Waals surface area contributed by atoms with Crippen molar-refractivity contribution in [3.63, 3.8) is 0 Å². The van der Waals surface area contributed by atoms with Gasteiger partial charge in [0.05, 0.1) is 37.1 Å². The number of rotatable bonds is 6. The van der Waals surface area contributed by atoms with Crippen LogP contribution in [0.4, 0.5) is 0 Å². The summed E-state index contributed by atoms with van der Waals surface area (Å²) < 4.78 is 24.5. The summed E-state index contributed by atoms with van der Waals surface area (Å²) in [6.07, 6.45) is 1.81. The molecule has 0 aromatic heterocycles. The lowest BCUT2D eigenvalue weighted by Crippen LogP contribution is -2.82. The number of hydrogen-bond donors (Lipinski definition) is 3. The minimum absolute atomic E-state index is 0.0443. The van der Waals surface area contributed by atoms with Crippen LogP contribution in [0.15, 0.2) is 0 Å². The van der Waals surface area contributed by atoms with Crippen LogP contribution >= 0.6 is 0 Å². The van der Waals surface area contributed by atoms with E-state index >= 15 is 0 Å². The SMILES string of the molecule is CCN1C[C@]2(CO)CC[C@H](OC)[C@]34C5C[C@@H]6[C@@H](OC)C[C@@](O)(C5[C@H]6OC)C(O)([C@@H]13)[C@@H](OC)C24. The van der Waals surface area contributed by atoms with Crippen LogP contribution in [0.2, 0.25) is 0 Å². The molecule has 6 aliphatic rings. The van der Waals surface area contributed by atoms with Crippen molar-refractivity contribution in [3.8, 4) is 0 Å². The summed E-state index contributed by atoms with van der Waals surface area (Å²) in [5.74, 6) is -0.0916. The second kappa shape index (κ2) is 7.13. The highest BCUT2D eigenvalue weighted by Gasteiger charge is 2.91. The van der Waals surface area contributed by atoms with Crippen LogP contribution in [0, 0.1) is 34.5 Å². The smallest absolute Gasteiger partial charge is 0.136 e. The van der Waals surface area contributed by atoms with Crippen LogP contribution in [0.3, 0.4) is 0 Å². The summed E-state index contributed by atoms with van der Waals surface area (Å²) in [4.78, 5) is 2.33. The van der Waals surface area contributed by atoms with Crippen molar-refractivity contribution in [2.45, 2.75) is 74.3 Å². The van der Waals surface area contributed by atoms with Crippen molar-refractivity contribution in [2.75, 3.05) is 48.1 Å². The maximum atomic E-state index is 13.0. The van der Waals surface area contributed by atoms with Crippen molar-refractivity contribution < 1.29 is 34.3 Å². The molecular weight excluding hydrogens is 426 g/mol. The van der Waals surface area contributed by atoms with Gasteiger partial charge in [0.15, 0.2) is 0 Å². The molecule has 6 rings (SSSR count). The lowest BCUT2D eigenvalue weighted by Gasteiger charge is -2.70. The molecular formula is C25H41NO7. The maximum absolute atomic E-state index is 13.0. The Labute approximate surface area is 196 Å². The molecule has 7 bridgehead atoms. The fourth-order valence-corrected chi connectivity index (χ4v) is 11.0. The molecule has 188 valence electrons. The van der Waals surface area contributed by atoms with Gasteiger partial charge in [-0.25, -0.2) is 0 Å². The van der Waals surface area contributed by atoms with E-state index < -0.39 is 28.1 Å². The molecule has 0 amide bonds. The number of methoxy groups -OCH3 is 4. The number of likely N-dealkylation sites (N-methyl/N-ethyl adjacent to an activating group) is 1. The van der Waals surface area contributed by atoms with Gasteiger partial charge >= 0.3 is 0 Å². The number of aliphatic hydroxyl groups is 3. The van der Waals surface area contributed by atoms with Crippen LogP contribution in [0.1, 0.15) is 32.6 Å². The molecule has 3 N–H and O–H groups in total. The molecule has 8 heteroatoms. The Morgan fingerprint density at radius 1 is 1.03 bits per heavy atom. The highest BCUT2D eigenvalue weighted by molar-refractivity contribution is 5.41. The van der Waals surface area contributed by atoms with Crippen LogP contribution in [-0.4, -0.2) is 110 Å². The quantitative estimate of drug-likeness (QED) is 0.512. The summed E-state index contributed by atoms with van der Waals surface area (Å²) in [6.45, 7) is 3.59. The third kappa shape index (κ3) is 2.16. The molecule has 1 heterocycles. The van der Waals surface area contributed by atoms with Gasteiger partial charge in [-0.1, -0.05) is 6.92 Å². The van der Waals surface area contributed by atoms with Crippen molar-refractivity contribution in [1.29, 1.82) is 0 Å². The number of fused-ring (bicyclic) bond motifs is 2. The minimum atomic E-state index is -1.52. The lowest BCUT2D eigenvalue weighted by atomic mass is 9.42. The number of aliphatic hydroxyl groups excluding tert-OH is 1. The first-order valence-electron chi connectivity index (χ1n) is 12.7. The van der Waals surface area contributed by atoms with E-state index in [1.54, 1.807) is 28.4 Å². The van der Waals surface area contributed by atoms with Crippen LogP contribution in [-0.2, 0) is 18.9 Å². The number of hydrogen-bond acceptors (Lipinski definition) is 8. The molecule has 0 aromatic carbocycles. The van der Waals surface area contributed by atoms with Crippen LogP contribution in [0.25, 0.3) is 0 Å². The molecule has 8 nitrogen and oxygen atoms in total. The number of nitrogens with zero attached hydrogens (tertiary/aromatic N) is 1. The highest BCUT2D eigenvalue weighted by Crippen LogP contribution is 2.80. The Hall–Kier alpha value is -0.320. The monoisotopic (exact) mass is 467 g/mol. The largest absolute Gasteiger partial charge is 0.396 e. The van der Waals surface area contributed by atoms with E-state index in [0.29, 0.717) is 13.0 Å². The average molecular weight is 468 g/mol. The first kappa shape index (κ1) is 23.1. The molecule has 13 atom stereocenters. The molecule has 5 saturated carbocycles. The summed E-state index contributed by atoms with van der Waals surface area (Å²) in [5, 5.41) is 36.6. The summed E-state index contributed by atoms with van der Waals surface area (Å²) in [7, 11) is 6.85. The number of likely N-dealkylation sites (tertiary alicyclic amines) is 1. The number of piperidine rings is 1. The Kier molecular flexibility index (Phi) is 4.99. The highest BCUT2D eigenvalue weighted by atomic mass is 16.5. The Morgan fingerprint density at radius 3 is 2.36 bits per heavy atom. The van der Waals surface area contributed by atoms with Gasteiger partial charge < -0.3 is 34.3 Å². The zero-order valence-electron chi connectivity index (χ0n) is 20.6. The maximum Gasteiger partial charge on any atom is 0.136 e. The van der Waals surface area contributed by atoms with Gasteiger partial charge in [-0.15, -0.1) is 0 Å². The van der Waals surface area contributed by atoms with E-state index in [1.165, 1.54) is 0 Å². The fourth-order valence-electron chi connectivity index (χ4n) is 11.0. The number of ether oxygens (including phenoxy) is 4. The molecule has 1 aliphatic heterocycles. The van der Waals surface area contributed by atoms with Gasteiger partial charge in [0, 0.05) is 70.0 Å². The third-order valence-electron chi connectivity index (χ3n) is 11.6. The van der Waals surface area contributed by atoms with E-state index in [1.807, 2.05) is 0 Å². The van der Waals surface area contributed by atoms with Gasteiger partial charge in [0.2, 0.25) is 0 Å². The molecule has 0 radical (unpaired) electrons. The fraction of sp³-hybridized carbons (Fsp3) is 1.00. The van der Waals surface area contributed by atoms with Crippen molar-refractivity contribution in [1.82, 2.24) is 4.90 Å². The van der Waals surface area contributed by atoms with Crippen LogP contribution < -0.4 is 0 Å². The second-order valence-corrected chi connectivity index (χ2v) is 11.8. The van der Waals surface area contributed by atoms with Crippen molar-refractivity contribution in [2.24, 2.45) is 34.5 Å². The zero-order valence-corrected chi connectivity index (χ0v) is 20.6. The predicted octanol–water partition coefficient (Wildman–Crippen LogP) is 0.271. The standard InChI is InChI=1S/C25H41NO7/c1-6-26-11-22(12-27)8-7-16(31-3)24-14-9-13-15(30-2)10-23(28,17(14)18(13)32-4)25(29,21(24)26)20(33-5)19(22)24/h13-21,27-29H,6-12H2,1-5H3/t13-,14?,15+,16+,17?,18+,19?,20+,21+,22+,23-,24+,25?/m1/s1. The first-order chi connectivity index (χ1) is 15.8. The lowest BCUT2D eigenvalue weighted by molar-refractivity contribution is -0.320. The summed E-state index contributed by atoms with van der Waals surface area (Å²) in [5.41, 5.74) is -3.78. The van der Waals surface area contributed by atoms with Gasteiger partial charge in [0.1, 0.15) is 11.2 Å². The topological polar surface area (TPSA) is 101 Å². The average Bonchev–Trinajstić information content (AvgIpc) is 3.24. The van der Waals surface area contributed by atoms with E-state index in [2.05, 4.69) is 11.8 Å². The minimum Gasteiger partial charge on any atom is -0.396 e.